The number of hydrogen-bond donors (Lipinski definition) is 2. The summed E-state index contributed by atoms with van der Waals surface area (Å²) in [5, 5.41) is 6.91. The lowest BCUT2D eigenvalue weighted by molar-refractivity contribution is 0.258. The summed E-state index contributed by atoms with van der Waals surface area (Å²) < 4.78 is 33.5. The highest BCUT2D eigenvalue weighted by Crippen LogP contribution is 2.18. The van der Waals surface area contributed by atoms with Gasteiger partial charge in [0.2, 0.25) is 5.89 Å². The molecule has 9 heteroatoms. The van der Waals surface area contributed by atoms with Gasteiger partial charge in [-0.2, -0.15) is 22.4 Å². The lowest BCUT2D eigenvalue weighted by Gasteiger charge is -2.31. The fraction of sp³-hybridized carbons (Fsp3) is 0.833. The Labute approximate surface area is 125 Å². The zero-order chi connectivity index (χ0) is 15.3. The summed E-state index contributed by atoms with van der Waals surface area (Å²) in [4.78, 5) is 3.98. The minimum absolute atomic E-state index is 0.0253. The van der Waals surface area contributed by atoms with Crippen LogP contribution in [0, 0.1) is 12.8 Å². The van der Waals surface area contributed by atoms with Crippen LogP contribution >= 0.6 is 0 Å². The van der Waals surface area contributed by atoms with Gasteiger partial charge in [-0.25, -0.2) is 0 Å². The van der Waals surface area contributed by atoms with Gasteiger partial charge in [-0.15, -0.1) is 0 Å². The third-order valence-corrected chi connectivity index (χ3v) is 5.00. The molecule has 120 valence electrons. The van der Waals surface area contributed by atoms with Crippen molar-refractivity contribution in [1.29, 1.82) is 0 Å². The lowest BCUT2D eigenvalue weighted by Crippen LogP contribution is -2.47. The van der Waals surface area contributed by atoms with Crippen LogP contribution in [0.15, 0.2) is 4.52 Å². The van der Waals surface area contributed by atoms with E-state index in [4.69, 9.17) is 4.52 Å². The van der Waals surface area contributed by atoms with E-state index < -0.39 is 10.2 Å². The predicted molar refractivity (Wildman–Crippen MR) is 77.6 cm³/mol. The van der Waals surface area contributed by atoms with Gasteiger partial charge in [0.15, 0.2) is 5.82 Å². The molecule has 1 aliphatic rings. The van der Waals surface area contributed by atoms with Crippen LogP contribution in [-0.2, 0) is 16.8 Å². The summed E-state index contributed by atoms with van der Waals surface area (Å²) in [6.07, 6.45) is 1.94. The fourth-order valence-electron chi connectivity index (χ4n) is 2.42. The minimum atomic E-state index is -3.50. The SMILES string of the molecule is CCNCC1CCCN(S(=O)(=O)NCc2nc(C)no2)C1. The van der Waals surface area contributed by atoms with Crippen LogP contribution in [0.5, 0.6) is 0 Å². The quantitative estimate of drug-likeness (QED) is 0.736. The molecule has 0 aliphatic carbocycles. The van der Waals surface area contributed by atoms with E-state index in [0.29, 0.717) is 24.8 Å². The van der Waals surface area contributed by atoms with E-state index in [1.54, 1.807) is 6.92 Å². The van der Waals surface area contributed by atoms with Crippen LogP contribution in [0.4, 0.5) is 0 Å². The molecule has 0 saturated carbocycles. The van der Waals surface area contributed by atoms with Gasteiger partial charge in [0.25, 0.3) is 10.2 Å². The second-order valence-electron chi connectivity index (χ2n) is 5.24. The van der Waals surface area contributed by atoms with E-state index in [-0.39, 0.29) is 12.4 Å². The van der Waals surface area contributed by atoms with Gasteiger partial charge in [0, 0.05) is 13.1 Å². The molecule has 0 amide bonds. The molecule has 0 bridgehead atoms. The topological polar surface area (TPSA) is 100 Å². The first-order valence-electron chi connectivity index (χ1n) is 7.26. The van der Waals surface area contributed by atoms with Crippen molar-refractivity contribution in [2.75, 3.05) is 26.2 Å². The normalized spacial score (nSPS) is 20.8. The van der Waals surface area contributed by atoms with E-state index in [0.717, 1.165) is 25.9 Å². The smallest absolute Gasteiger partial charge is 0.279 e. The van der Waals surface area contributed by atoms with Crippen molar-refractivity contribution in [3.8, 4) is 0 Å². The zero-order valence-corrected chi connectivity index (χ0v) is 13.3. The van der Waals surface area contributed by atoms with Crippen molar-refractivity contribution in [3.63, 3.8) is 0 Å². The van der Waals surface area contributed by atoms with Crippen molar-refractivity contribution in [1.82, 2.24) is 24.5 Å². The Morgan fingerprint density at radius 2 is 2.29 bits per heavy atom. The molecule has 1 aromatic heterocycles. The first-order chi connectivity index (χ1) is 10.0. The summed E-state index contributed by atoms with van der Waals surface area (Å²) >= 11 is 0. The number of aromatic nitrogens is 2. The molecular formula is C12H23N5O3S. The Bertz CT molecular complexity index is 545. The van der Waals surface area contributed by atoms with Crippen LogP contribution in [0.3, 0.4) is 0 Å². The van der Waals surface area contributed by atoms with Gasteiger partial charge < -0.3 is 9.84 Å². The predicted octanol–water partition coefficient (Wildman–Crippen LogP) is 0.0339. The van der Waals surface area contributed by atoms with Crippen LogP contribution in [0.2, 0.25) is 0 Å². The largest absolute Gasteiger partial charge is 0.338 e. The molecule has 1 atom stereocenters. The van der Waals surface area contributed by atoms with Gasteiger partial charge in [-0.05, 0) is 38.8 Å². The van der Waals surface area contributed by atoms with E-state index in [1.165, 1.54) is 4.31 Å². The Balaban J connectivity index is 1.89. The van der Waals surface area contributed by atoms with Crippen LogP contribution in [0.25, 0.3) is 0 Å². The highest BCUT2D eigenvalue weighted by atomic mass is 32.2. The van der Waals surface area contributed by atoms with Crippen LogP contribution in [-0.4, -0.2) is 49.0 Å². The Hall–Kier alpha value is -1.03. The van der Waals surface area contributed by atoms with Gasteiger partial charge in [-0.3, -0.25) is 0 Å². The molecule has 2 heterocycles. The lowest BCUT2D eigenvalue weighted by atomic mass is 10.00. The molecule has 1 unspecified atom stereocenters. The number of nitrogens with one attached hydrogen (secondary N) is 2. The molecule has 21 heavy (non-hydrogen) atoms. The molecule has 1 fully saturated rings. The number of aryl methyl sites for hydroxylation is 1. The Morgan fingerprint density at radius 3 is 2.95 bits per heavy atom. The summed E-state index contributed by atoms with van der Waals surface area (Å²) in [7, 11) is -3.50. The number of rotatable bonds is 7. The highest BCUT2D eigenvalue weighted by Gasteiger charge is 2.28. The summed E-state index contributed by atoms with van der Waals surface area (Å²) in [6, 6.07) is 0. The number of nitrogens with zero attached hydrogens (tertiary/aromatic N) is 3. The molecule has 1 saturated heterocycles. The molecule has 1 aliphatic heterocycles. The maximum Gasteiger partial charge on any atom is 0.279 e. The molecule has 0 radical (unpaired) electrons. The van der Waals surface area contributed by atoms with Crippen molar-refractivity contribution in [3.05, 3.63) is 11.7 Å². The molecule has 1 aromatic rings. The van der Waals surface area contributed by atoms with E-state index in [9.17, 15) is 8.42 Å². The van der Waals surface area contributed by atoms with Gasteiger partial charge >= 0.3 is 0 Å². The molecule has 8 nitrogen and oxygen atoms in total. The molecule has 0 spiro atoms. The van der Waals surface area contributed by atoms with Crippen molar-refractivity contribution in [2.45, 2.75) is 33.2 Å². The van der Waals surface area contributed by atoms with Gasteiger partial charge in [0.1, 0.15) is 0 Å². The highest BCUT2D eigenvalue weighted by molar-refractivity contribution is 7.87. The van der Waals surface area contributed by atoms with Crippen molar-refractivity contribution < 1.29 is 12.9 Å². The third kappa shape index (κ3) is 4.73. The monoisotopic (exact) mass is 317 g/mol. The third-order valence-electron chi connectivity index (χ3n) is 3.48. The minimum Gasteiger partial charge on any atom is -0.338 e. The molecule has 2 rings (SSSR count). The summed E-state index contributed by atoms with van der Waals surface area (Å²) in [5.41, 5.74) is 0. The Morgan fingerprint density at radius 1 is 1.48 bits per heavy atom. The van der Waals surface area contributed by atoms with E-state index >= 15 is 0 Å². The second-order valence-corrected chi connectivity index (χ2v) is 6.99. The van der Waals surface area contributed by atoms with Crippen molar-refractivity contribution >= 4 is 10.2 Å². The number of piperidine rings is 1. The fourth-order valence-corrected chi connectivity index (χ4v) is 3.68. The van der Waals surface area contributed by atoms with Gasteiger partial charge in [-0.1, -0.05) is 12.1 Å². The maximum absolute atomic E-state index is 12.3. The second kappa shape index (κ2) is 7.30. The zero-order valence-electron chi connectivity index (χ0n) is 12.5. The molecular weight excluding hydrogens is 294 g/mol. The van der Waals surface area contributed by atoms with Crippen LogP contribution < -0.4 is 10.0 Å². The first-order valence-corrected chi connectivity index (χ1v) is 8.70. The van der Waals surface area contributed by atoms with E-state index in [1.807, 2.05) is 6.92 Å². The van der Waals surface area contributed by atoms with E-state index in [2.05, 4.69) is 20.2 Å². The first kappa shape index (κ1) is 16.3. The van der Waals surface area contributed by atoms with Gasteiger partial charge in [0.05, 0.1) is 6.54 Å². The molecule has 2 N–H and O–H groups in total. The Kier molecular flexibility index (Phi) is 5.68. The summed E-state index contributed by atoms with van der Waals surface area (Å²) in [6.45, 7) is 6.62. The summed E-state index contributed by atoms with van der Waals surface area (Å²) in [5.74, 6) is 1.13. The van der Waals surface area contributed by atoms with Crippen molar-refractivity contribution in [2.24, 2.45) is 5.92 Å². The average molecular weight is 317 g/mol. The maximum atomic E-state index is 12.3. The van der Waals surface area contributed by atoms with Crippen LogP contribution in [0.1, 0.15) is 31.5 Å². The number of hydrogen-bond acceptors (Lipinski definition) is 6. The standard InChI is InChI=1S/C12H23N5O3S/c1-3-13-7-11-5-4-6-17(9-11)21(18,19)14-8-12-15-10(2)16-20-12/h11,13-14H,3-9H2,1-2H3. The molecule has 0 aromatic carbocycles. The average Bonchev–Trinajstić information content (AvgIpc) is 2.89.